The number of allylic oxidation sites excluding steroid dienone is 1. The second-order valence-electron chi connectivity index (χ2n) is 20.3. The van der Waals surface area contributed by atoms with Gasteiger partial charge in [-0.25, -0.2) is 9.55 Å². The van der Waals surface area contributed by atoms with Gasteiger partial charge in [0.05, 0.1) is 28.0 Å². The fourth-order valence-corrected chi connectivity index (χ4v) is 12.2. The lowest BCUT2D eigenvalue weighted by Gasteiger charge is -2.23. The smallest absolute Gasteiger partial charge is 0.294 e. The highest BCUT2D eigenvalue weighted by molar-refractivity contribution is 7.19. The van der Waals surface area contributed by atoms with E-state index in [4.69, 9.17) is 4.98 Å². The van der Waals surface area contributed by atoms with Crippen molar-refractivity contribution in [2.24, 2.45) is 0 Å². The van der Waals surface area contributed by atoms with Crippen LogP contribution >= 0.6 is 11.3 Å². The van der Waals surface area contributed by atoms with Crippen molar-refractivity contribution < 1.29 is 4.57 Å². The van der Waals surface area contributed by atoms with E-state index >= 15 is 0 Å². The SMILES string of the molecule is CC(C)c1cc2sc3c(c2c(C(C)C)c1-n1ccnc1-c1ccccc1)C=CCC3.CCC.CCC.CCc1c(-n2c3ccccc3c3ccccc32)ccc(C(C)C)c1-n1cc[n+]2c1-c1ccccc1C2. The summed E-state index contributed by atoms with van der Waals surface area (Å²) in [5.41, 5.74) is 17.4. The number of hydrogen-bond acceptors (Lipinski definition) is 2. The van der Waals surface area contributed by atoms with Crippen LogP contribution in [0.15, 0.2) is 152 Å². The maximum absolute atomic E-state index is 4.77. The molecular formula is C66H74N5S+. The minimum atomic E-state index is 0.414. The largest absolute Gasteiger partial charge is 0.309 e. The average Bonchev–Trinajstić information content (AvgIpc) is 4.24. The van der Waals surface area contributed by atoms with Crippen molar-refractivity contribution in [2.45, 2.75) is 133 Å². The number of aryl methyl sites for hydroxylation is 1. The zero-order chi connectivity index (χ0) is 50.6. The molecule has 0 fully saturated rings. The molecule has 0 bridgehead atoms. The Hall–Kier alpha value is -6.76. The van der Waals surface area contributed by atoms with E-state index in [9.17, 15) is 0 Å². The Labute approximate surface area is 433 Å². The Morgan fingerprint density at radius 3 is 1.94 bits per heavy atom. The number of para-hydroxylation sites is 2. The summed E-state index contributed by atoms with van der Waals surface area (Å²) in [4.78, 5) is 6.31. The number of nitrogens with zero attached hydrogens (tertiary/aromatic N) is 5. The van der Waals surface area contributed by atoms with Gasteiger partial charge in [-0.1, -0.05) is 192 Å². The molecule has 0 saturated heterocycles. The van der Waals surface area contributed by atoms with E-state index in [1.165, 1.54) is 111 Å². The van der Waals surface area contributed by atoms with Crippen LogP contribution in [0.1, 0.15) is 151 Å². The first-order valence-corrected chi connectivity index (χ1v) is 27.6. The van der Waals surface area contributed by atoms with Gasteiger partial charge in [0.15, 0.2) is 0 Å². The first-order chi connectivity index (χ1) is 35.1. The molecule has 0 N–H and O–H groups in total. The predicted octanol–water partition coefficient (Wildman–Crippen LogP) is 18.4. The van der Waals surface area contributed by atoms with Gasteiger partial charge in [-0.2, -0.15) is 4.57 Å². The number of imidazole rings is 2. The first-order valence-electron chi connectivity index (χ1n) is 26.8. The molecule has 0 radical (unpaired) electrons. The molecule has 6 aromatic carbocycles. The molecule has 5 heterocycles. The van der Waals surface area contributed by atoms with Gasteiger partial charge >= 0.3 is 0 Å². The summed E-state index contributed by atoms with van der Waals surface area (Å²) in [5.74, 6) is 3.56. The second kappa shape index (κ2) is 21.9. The lowest BCUT2D eigenvalue weighted by atomic mass is 9.87. The zero-order valence-electron chi connectivity index (χ0n) is 44.6. The summed E-state index contributed by atoms with van der Waals surface area (Å²) in [7, 11) is 0. The van der Waals surface area contributed by atoms with Crippen LogP contribution in [0.25, 0.3) is 77.8 Å². The van der Waals surface area contributed by atoms with Crippen LogP contribution in [0, 0.1) is 0 Å². The van der Waals surface area contributed by atoms with E-state index in [-0.39, 0.29) is 0 Å². The van der Waals surface area contributed by atoms with Crippen molar-refractivity contribution in [3.05, 3.63) is 190 Å². The fourth-order valence-electron chi connectivity index (χ4n) is 10.9. The van der Waals surface area contributed by atoms with E-state index in [0.29, 0.717) is 17.8 Å². The first kappa shape index (κ1) is 50.2. The summed E-state index contributed by atoms with van der Waals surface area (Å²) in [6.07, 6.45) is 19.0. The standard InChI is InChI=1S/C33H30N3.C27H28N2S.2C3H8/c1-4-24-31(36-29-15-9-7-13-27(29)28-14-8-10-16-30(28)36)18-17-25(22(2)3)32(24)35-20-19-34-21-23-11-5-6-12-26(23)33(34)35;1-17(2)21-16-23-25(20-12-8-9-13-22(20)30-23)24(18(3)4)26(21)29-15-14-28-27(29)19-10-6-5-7-11-19;2*1-3-2/h5-20,22H,4,21H2,1-3H3;5-8,10-12,14-18H,9,13H2,1-4H3;2*3H2,1-2H3/q+1;;;. The van der Waals surface area contributed by atoms with Crippen LogP contribution in [-0.4, -0.2) is 18.7 Å². The van der Waals surface area contributed by atoms with Crippen LogP contribution in [0.5, 0.6) is 0 Å². The molecule has 368 valence electrons. The van der Waals surface area contributed by atoms with Crippen molar-refractivity contribution in [3.63, 3.8) is 0 Å². The third-order valence-electron chi connectivity index (χ3n) is 13.9. The number of thiophene rings is 1. The van der Waals surface area contributed by atoms with Gasteiger partial charge in [0.2, 0.25) is 0 Å². The minimum Gasteiger partial charge on any atom is -0.309 e. The number of rotatable bonds is 8. The molecule has 0 unspecified atom stereocenters. The number of benzene rings is 6. The molecule has 5 nitrogen and oxygen atoms in total. The summed E-state index contributed by atoms with van der Waals surface area (Å²) in [6.45, 7) is 25.6. The van der Waals surface area contributed by atoms with Gasteiger partial charge in [-0.15, -0.1) is 11.3 Å². The van der Waals surface area contributed by atoms with Crippen LogP contribution in [0.3, 0.4) is 0 Å². The highest BCUT2D eigenvalue weighted by Crippen LogP contribution is 2.46. The lowest BCUT2D eigenvalue weighted by Crippen LogP contribution is -2.30. The molecule has 0 saturated carbocycles. The third-order valence-corrected chi connectivity index (χ3v) is 15.1. The summed E-state index contributed by atoms with van der Waals surface area (Å²) in [5, 5.41) is 4.06. The van der Waals surface area contributed by atoms with Crippen LogP contribution in [0.4, 0.5) is 0 Å². The average molecular weight is 969 g/mol. The number of hydrogen-bond donors (Lipinski definition) is 0. The van der Waals surface area contributed by atoms with Crippen molar-refractivity contribution in [1.82, 2.24) is 18.7 Å². The molecule has 0 amide bonds. The van der Waals surface area contributed by atoms with E-state index in [2.05, 4.69) is 246 Å². The van der Waals surface area contributed by atoms with Crippen molar-refractivity contribution >= 4 is 49.3 Å². The summed E-state index contributed by atoms with van der Waals surface area (Å²) < 4.78 is 11.1. The summed E-state index contributed by atoms with van der Waals surface area (Å²) in [6, 6.07) is 44.1. The van der Waals surface area contributed by atoms with Gasteiger partial charge in [0, 0.05) is 60.4 Å². The van der Waals surface area contributed by atoms with Crippen LogP contribution < -0.4 is 4.57 Å². The topological polar surface area (TPSA) is 31.6 Å². The highest BCUT2D eigenvalue weighted by Gasteiger charge is 2.33. The molecule has 72 heavy (non-hydrogen) atoms. The lowest BCUT2D eigenvalue weighted by molar-refractivity contribution is -0.671. The van der Waals surface area contributed by atoms with Gasteiger partial charge in [0.25, 0.3) is 5.82 Å². The molecule has 4 aromatic heterocycles. The molecule has 0 atom stereocenters. The van der Waals surface area contributed by atoms with Crippen LogP contribution in [0.2, 0.25) is 0 Å². The normalized spacial score (nSPS) is 12.4. The van der Waals surface area contributed by atoms with E-state index in [1.807, 2.05) is 17.5 Å². The molecule has 2 aliphatic rings. The predicted molar refractivity (Wildman–Crippen MR) is 310 cm³/mol. The van der Waals surface area contributed by atoms with E-state index in [1.54, 1.807) is 0 Å². The van der Waals surface area contributed by atoms with Crippen molar-refractivity contribution in [1.29, 1.82) is 0 Å². The number of fused-ring (bicyclic) bond motifs is 9. The van der Waals surface area contributed by atoms with Crippen molar-refractivity contribution in [3.8, 4) is 39.8 Å². The Bertz CT molecular complexity index is 3460. The molecule has 1 aliphatic carbocycles. The second-order valence-corrected chi connectivity index (χ2v) is 21.5. The molecule has 6 heteroatoms. The molecule has 10 aromatic rings. The zero-order valence-corrected chi connectivity index (χ0v) is 45.4. The maximum Gasteiger partial charge on any atom is 0.294 e. The Kier molecular flexibility index (Phi) is 15.3. The van der Waals surface area contributed by atoms with Gasteiger partial charge < -0.3 is 4.57 Å². The van der Waals surface area contributed by atoms with E-state index in [0.717, 1.165) is 37.2 Å². The van der Waals surface area contributed by atoms with Crippen molar-refractivity contribution in [2.75, 3.05) is 0 Å². The quantitative estimate of drug-likeness (QED) is 0.140. The molecule has 1 aliphatic heterocycles. The number of aromatic nitrogens is 5. The van der Waals surface area contributed by atoms with E-state index < -0.39 is 0 Å². The molecule has 12 rings (SSSR count). The van der Waals surface area contributed by atoms with Crippen LogP contribution in [-0.2, 0) is 19.4 Å². The van der Waals surface area contributed by atoms with Gasteiger partial charge in [-0.05, 0) is 84.0 Å². The monoisotopic (exact) mass is 969 g/mol. The molecule has 0 spiro atoms. The minimum absolute atomic E-state index is 0.414. The van der Waals surface area contributed by atoms with Gasteiger partial charge in [0.1, 0.15) is 30.5 Å². The molecular weight excluding hydrogens is 895 g/mol. The Morgan fingerprint density at radius 2 is 1.29 bits per heavy atom. The maximum atomic E-state index is 4.77. The Balaban J connectivity index is 0.000000163. The highest BCUT2D eigenvalue weighted by atomic mass is 32.1. The third kappa shape index (κ3) is 9.19. The Morgan fingerprint density at radius 1 is 0.653 bits per heavy atom. The summed E-state index contributed by atoms with van der Waals surface area (Å²) >= 11 is 1.99. The van der Waals surface area contributed by atoms with Gasteiger partial charge in [-0.3, -0.25) is 4.57 Å². The fraction of sp³-hybridized carbons (Fsp3) is 0.303.